The third-order valence-corrected chi connectivity index (χ3v) is 4.85. The van der Waals surface area contributed by atoms with Gasteiger partial charge in [0.2, 0.25) is 5.70 Å². The Labute approximate surface area is 151 Å². The number of hydrogen-bond donors (Lipinski definition) is 1. The number of rotatable bonds is 3. The van der Waals surface area contributed by atoms with Gasteiger partial charge in [-0.25, -0.2) is 0 Å². The van der Waals surface area contributed by atoms with E-state index in [1.807, 2.05) is 48.7 Å². The van der Waals surface area contributed by atoms with E-state index < -0.39 is 0 Å². The van der Waals surface area contributed by atoms with Crippen molar-refractivity contribution in [2.24, 2.45) is 15.8 Å². The summed E-state index contributed by atoms with van der Waals surface area (Å²) in [6.45, 7) is 0. The van der Waals surface area contributed by atoms with Crippen molar-refractivity contribution in [1.29, 1.82) is 0 Å². The van der Waals surface area contributed by atoms with E-state index >= 15 is 0 Å². The molecule has 2 aromatic carbocycles. The van der Waals surface area contributed by atoms with E-state index in [0.717, 1.165) is 33.9 Å². The predicted molar refractivity (Wildman–Crippen MR) is 105 cm³/mol. The second kappa shape index (κ2) is 5.59. The lowest BCUT2D eigenvalue weighted by atomic mass is 10.0. The molecule has 0 amide bonds. The largest absolute Gasteiger partial charge is 0.265 e. The van der Waals surface area contributed by atoms with Crippen molar-refractivity contribution < 1.29 is 4.59 Å². The molecule has 0 saturated carbocycles. The average molecular weight is 337 g/mol. The van der Waals surface area contributed by atoms with Crippen molar-refractivity contribution in [3.63, 3.8) is 0 Å². The van der Waals surface area contributed by atoms with Gasteiger partial charge in [0, 0.05) is 5.57 Å². The molecule has 1 unspecified atom stereocenters. The van der Waals surface area contributed by atoms with Gasteiger partial charge >= 0.3 is 0 Å². The number of amidine groups is 1. The van der Waals surface area contributed by atoms with Crippen molar-refractivity contribution in [2.45, 2.75) is 0 Å². The normalized spacial score (nSPS) is 22.8. The monoisotopic (exact) mass is 337 g/mol. The lowest BCUT2D eigenvalue weighted by molar-refractivity contribution is -0.750. The van der Waals surface area contributed by atoms with Gasteiger partial charge in [-0.2, -0.15) is 10.8 Å². The Bertz CT molecular complexity index is 1080. The highest BCUT2D eigenvalue weighted by atomic mass is 15.6. The number of nitrogens with two attached hydrogens (primary N) is 1. The number of allylic oxidation sites excluding steroid dienone is 4. The summed E-state index contributed by atoms with van der Waals surface area (Å²) in [5.74, 6) is 7.56. The quantitative estimate of drug-likeness (QED) is 0.666. The molecule has 2 aliphatic heterocycles. The zero-order valence-corrected chi connectivity index (χ0v) is 14.1. The molecule has 0 fully saturated rings. The van der Waals surface area contributed by atoms with Crippen LogP contribution in [0.25, 0.3) is 11.1 Å². The molecule has 0 bridgehead atoms. The predicted octanol–water partition coefficient (Wildman–Crippen LogP) is 4.07. The molecule has 4 nitrogen and oxygen atoms in total. The van der Waals surface area contributed by atoms with Crippen LogP contribution >= 0.6 is 0 Å². The van der Waals surface area contributed by atoms with Crippen LogP contribution in [0.3, 0.4) is 0 Å². The third-order valence-electron chi connectivity index (χ3n) is 4.85. The molecule has 2 N–H and O–H groups in total. The Morgan fingerprint density at radius 1 is 0.885 bits per heavy atom. The molecular weight excluding hydrogens is 320 g/mol. The lowest BCUT2D eigenvalue weighted by Gasteiger charge is -2.26. The molecule has 2 aromatic rings. The molecule has 1 atom stereocenters. The summed E-state index contributed by atoms with van der Waals surface area (Å²) in [5.41, 5.74) is 6.19. The summed E-state index contributed by atoms with van der Waals surface area (Å²) in [5, 5.41) is 0. The highest BCUT2D eigenvalue weighted by molar-refractivity contribution is 6.02. The van der Waals surface area contributed by atoms with Crippen LogP contribution in [0.15, 0.2) is 112 Å². The maximum atomic E-state index is 6.76. The van der Waals surface area contributed by atoms with Crippen LogP contribution < -0.4 is 5.84 Å². The number of nitrogens with zero attached hydrogens (tertiary/aromatic N) is 3. The van der Waals surface area contributed by atoms with Crippen LogP contribution in [0.1, 0.15) is 5.56 Å². The summed E-state index contributed by atoms with van der Waals surface area (Å²) < 4.78 is 0.0439. The molecule has 0 radical (unpaired) electrons. The van der Waals surface area contributed by atoms with Gasteiger partial charge in [0.1, 0.15) is 11.9 Å². The molecule has 0 aromatic heterocycles. The number of aliphatic imine (C=N–C) groups is 2. The summed E-state index contributed by atoms with van der Waals surface area (Å²) >= 11 is 0. The van der Waals surface area contributed by atoms with E-state index in [9.17, 15) is 0 Å². The Hall–Kier alpha value is -3.34. The first kappa shape index (κ1) is 15.0. The first-order chi connectivity index (χ1) is 12.8. The Balaban J connectivity index is 1.63. The third kappa shape index (κ3) is 2.17. The van der Waals surface area contributed by atoms with E-state index in [1.54, 1.807) is 12.4 Å². The molecule has 2 heterocycles. The number of benzene rings is 2. The summed E-state index contributed by atoms with van der Waals surface area (Å²) in [6, 6.07) is 18.7. The van der Waals surface area contributed by atoms with E-state index in [2.05, 4.69) is 35.3 Å². The van der Waals surface area contributed by atoms with Gasteiger partial charge in [-0.05, 0) is 23.3 Å². The highest BCUT2D eigenvalue weighted by Crippen LogP contribution is 2.36. The van der Waals surface area contributed by atoms with Crippen LogP contribution in [0.5, 0.6) is 0 Å². The molecule has 124 valence electrons. The van der Waals surface area contributed by atoms with Crippen LogP contribution in [0, 0.1) is 0 Å². The van der Waals surface area contributed by atoms with Gasteiger partial charge in [0.25, 0.3) is 5.84 Å². The Morgan fingerprint density at radius 3 is 2.42 bits per heavy atom. The topological polar surface area (TPSA) is 50.7 Å². The molecule has 0 saturated heterocycles. The fourth-order valence-corrected chi connectivity index (χ4v) is 3.41. The zero-order valence-electron chi connectivity index (χ0n) is 14.1. The minimum absolute atomic E-state index is 0.0439. The molecule has 3 aliphatic rings. The molecule has 1 aliphatic carbocycles. The van der Waals surface area contributed by atoms with Crippen LogP contribution in [0.2, 0.25) is 0 Å². The first-order valence-corrected chi connectivity index (χ1v) is 8.53. The number of fused-ring (bicyclic) bond motifs is 1. The fourth-order valence-electron chi connectivity index (χ4n) is 3.41. The molecular formula is C22H17N4+. The lowest BCUT2D eigenvalue weighted by Crippen LogP contribution is -2.53. The summed E-state index contributed by atoms with van der Waals surface area (Å²) in [7, 11) is 0. The molecule has 26 heavy (non-hydrogen) atoms. The van der Waals surface area contributed by atoms with Crippen molar-refractivity contribution in [3.05, 3.63) is 108 Å². The van der Waals surface area contributed by atoms with Crippen LogP contribution in [0.4, 0.5) is 0 Å². The van der Waals surface area contributed by atoms with E-state index in [1.165, 1.54) is 5.56 Å². The highest BCUT2D eigenvalue weighted by Gasteiger charge is 2.44. The molecule has 4 heteroatoms. The van der Waals surface area contributed by atoms with Gasteiger partial charge in [0.15, 0.2) is 0 Å². The number of hydrogen-bond acceptors (Lipinski definition) is 3. The van der Waals surface area contributed by atoms with Gasteiger partial charge in [-0.15, -0.1) is 4.59 Å². The van der Waals surface area contributed by atoms with E-state index in [-0.39, 0.29) is 4.59 Å². The van der Waals surface area contributed by atoms with Gasteiger partial charge in [-0.3, -0.25) is 4.99 Å². The minimum atomic E-state index is 0.0439. The Kier molecular flexibility index (Phi) is 3.22. The van der Waals surface area contributed by atoms with E-state index in [4.69, 9.17) is 10.8 Å². The second-order valence-corrected chi connectivity index (χ2v) is 6.45. The van der Waals surface area contributed by atoms with Gasteiger partial charge in [-0.1, -0.05) is 60.7 Å². The smallest absolute Gasteiger partial charge is 0.253 e. The molecule has 5 rings (SSSR count). The van der Waals surface area contributed by atoms with Crippen LogP contribution in [-0.2, 0) is 0 Å². The van der Waals surface area contributed by atoms with E-state index in [0.29, 0.717) is 0 Å². The zero-order chi connectivity index (χ0) is 17.6. The van der Waals surface area contributed by atoms with Gasteiger partial charge in [0.05, 0.1) is 18.0 Å². The van der Waals surface area contributed by atoms with Crippen LogP contribution in [-0.4, -0.2) is 16.6 Å². The first-order valence-electron chi connectivity index (χ1n) is 8.53. The molecule has 0 spiro atoms. The van der Waals surface area contributed by atoms with Gasteiger partial charge < -0.3 is 0 Å². The van der Waals surface area contributed by atoms with Crippen molar-refractivity contribution in [1.82, 2.24) is 0 Å². The van der Waals surface area contributed by atoms with Crippen molar-refractivity contribution >= 4 is 12.1 Å². The van der Waals surface area contributed by atoms with Crippen molar-refractivity contribution in [3.8, 4) is 11.1 Å². The number of quaternary nitrogens is 1. The van der Waals surface area contributed by atoms with Crippen molar-refractivity contribution in [2.75, 3.05) is 0 Å². The minimum Gasteiger partial charge on any atom is -0.253 e. The average Bonchev–Trinajstić information content (AvgIpc) is 2.94. The standard InChI is InChI=1S/C22H17N4/c23-26-13-12-24-15-20(26)21(17-8-4-9-17)25-22(26)19-11-5-10-18(14-19)16-6-2-1-3-7-16/h1-15H,23H2/q+1. The Morgan fingerprint density at radius 2 is 1.65 bits per heavy atom. The fraction of sp³-hybridized carbons (Fsp3) is 0. The maximum absolute atomic E-state index is 6.76. The SMILES string of the molecule is N[N+]12C=CN=CC1=C(C1=CC=C1)N=C2c1cccc(-c2ccccc2)c1. The maximum Gasteiger partial charge on any atom is 0.265 e. The second-order valence-electron chi connectivity index (χ2n) is 6.45. The summed E-state index contributed by atoms with van der Waals surface area (Å²) in [6.07, 6.45) is 11.5. The summed E-state index contributed by atoms with van der Waals surface area (Å²) in [4.78, 5) is 9.18.